The van der Waals surface area contributed by atoms with E-state index in [1.54, 1.807) is 19.2 Å². The Bertz CT molecular complexity index is 218. The van der Waals surface area contributed by atoms with Crippen LogP contribution in [0.4, 0.5) is 5.82 Å². The molecular weight excluding hydrogens is 128 g/mol. The zero-order valence-corrected chi connectivity index (χ0v) is 5.66. The molecule has 1 heterocycles. The van der Waals surface area contributed by atoms with Crippen molar-refractivity contribution < 1.29 is 4.79 Å². The predicted octanol–water partition coefficient (Wildman–Crippen LogP) is 0.936. The number of rotatable bonds is 2. The summed E-state index contributed by atoms with van der Waals surface area (Å²) in [4.78, 5) is 14.1. The molecule has 1 aromatic rings. The van der Waals surface area contributed by atoms with E-state index in [1.807, 2.05) is 0 Å². The molecule has 1 aromatic heterocycles. The normalized spacial score (nSPS) is 8.90. The summed E-state index contributed by atoms with van der Waals surface area (Å²) in [5.41, 5.74) is 0.596. The lowest BCUT2D eigenvalue weighted by molar-refractivity contribution is 0.112. The number of anilines is 1. The van der Waals surface area contributed by atoms with Crippen LogP contribution >= 0.6 is 0 Å². The topological polar surface area (TPSA) is 42.0 Å². The first-order valence-electron chi connectivity index (χ1n) is 2.96. The summed E-state index contributed by atoms with van der Waals surface area (Å²) < 4.78 is 0. The Morgan fingerprint density at radius 3 is 2.80 bits per heavy atom. The molecule has 0 amide bonds. The van der Waals surface area contributed by atoms with Crippen LogP contribution in [0.5, 0.6) is 0 Å². The highest BCUT2D eigenvalue weighted by Gasteiger charge is 1.89. The summed E-state index contributed by atoms with van der Waals surface area (Å²) in [6.45, 7) is 0. The van der Waals surface area contributed by atoms with Crippen LogP contribution in [0.15, 0.2) is 18.3 Å². The minimum Gasteiger partial charge on any atom is -0.373 e. The van der Waals surface area contributed by atoms with Crippen molar-refractivity contribution in [2.75, 3.05) is 12.4 Å². The van der Waals surface area contributed by atoms with Gasteiger partial charge >= 0.3 is 0 Å². The van der Waals surface area contributed by atoms with Crippen molar-refractivity contribution in [3.8, 4) is 0 Å². The first kappa shape index (κ1) is 6.74. The van der Waals surface area contributed by atoms with Crippen molar-refractivity contribution >= 4 is 12.1 Å². The summed E-state index contributed by atoms with van der Waals surface area (Å²) in [7, 11) is 1.78. The molecular formula is C7H8N2O. The number of hydrogen-bond donors (Lipinski definition) is 1. The van der Waals surface area contributed by atoms with Gasteiger partial charge in [0.15, 0.2) is 6.29 Å². The molecule has 0 unspecified atom stereocenters. The first-order chi connectivity index (χ1) is 4.86. The molecule has 0 spiro atoms. The summed E-state index contributed by atoms with van der Waals surface area (Å²) in [5, 5.41) is 2.85. The van der Waals surface area contributed by atoms with Gasteiger partial charge in [-0.2, -0.15) is 0 Å². The Morgan fingerprint density at radius 2 is 2.40 bits per heavy atom. The molecule has 1 rings (SSSR count). The lowest BCUT2D eigenvalue weighted by atomic mass is 10.3. The second kappa shape index (κ2) is 2.96. The average Bonchev–Trinajstić information content (AvgIpc) is 2.05. The molecule has 10 heavy (non-hydrogen) atoms. The van der Waals surface area contributed by atoms with E-state index in [1.165, 1.54) is 6.20 Å². The van der Waals surface area contributed by atoms with Gasteiger partial charge in [0.1, 0.15) is 5.82 Å². The van der Waals surface area contributed by atoms with Gasteiger partial charge in [-0.3, -0.25) is 4.79 Å². The lowest BCUT2D eigenvalue weighted by Gasteiger charge is -1.95. The summed E-state index contributed by atoms with van der Waals surface area (Å²) >= 11 is 0. The second-order valence-electron chi connectivity index (χ2n) is 1.84. The molecule has 0 aliphatic heterocycles. The number of hydrogen-bond acceptors (Lipinski definition) is 3. The number of aromatic nitrogens is 1. The van der Waals surface area contributed by atoms with Gasteiger partial charge in [-0.05, 0) is 12.1 Å². The molecule has 0 saturated carbocycles. The zero-order valence-electron chi connectivity index (χ0n) is 5.66. The molecule has 52 valence electrons. The van der Waals surface area contributed by atoms with Crippen LogP contribution < -0.4 is 5.32 Å². The van der Waals surface area contributed by atoms with Crippen molar-refractivity contribution in [2.24, 2.45) is 0 Å². The number of aldehydes is 1. The van der Waals surface area contributed by atoms with E-state index in [-0.39, 0.29) is 0 Å². The lowest BCUT2D eigenvalue weighted by Crippen LogP contribution is -1.91. The summed E-state index contributed by atoms with van der Waals surface area (Å²) in [5.74, 6) is 0.769. The maximum Gasteiger partial charge on any atom is 0.151 e. The SMILES string of the molecule is CNc1ccc(C=O)cn1. The summed E-state index contributed by atoms with van der Waals surface area (Å²) in [6.07, 6.45) is 2.30. The maximum atomic E-state index is 10.1. The van der Waals surface area contributed by atoms with Gasteiger partial charge in [0.25, 0.3) is 0 Å². The molecule has 1 N–H and O–H groups in total. The highest BCUT2D eigenvalue weighted by molar-refractivity contribution is 5.74. The van der Waals surface area contributed by atoms with Crippen LogP contribution in [-0.2, 0) is 0 Å². The Labute approximate surface area is 59.1 Å². The third-order valence-electron chi connectivity index (χ3n) is 1.18. The Hall–Kier alpha value is -1.38. The molecule has 0 saturated heterocycles. The minimum absolute atomic E-state index is 0.596. The molecule has 0 fully saturated rings. The van der Waals surface area contributed by atoms with E-state index in [0.29, 0.717) is 5.56 Å². The third-order valence-corrected chi connectivity index (χ3v) is 1.18. The molecule has 0 aliphatic rings. The summed E-state index contributed by atoms with van der Waals surface area (Å²) in [6, 6.07) is 3.47. The third kappa shape index (κ3) is 1.31. The van der Waals surface area contributed by atoms with Gasteiger partial charge in [-0.15, -0.1) is 0 Å². The average molecular weight is 136 g/mol. The van der Waals surface area contributed by atoms with Crippen LogP contribution in [0, 0.1) is 0 Å². The molecule has 3 nitrogen and oxygen atoms in total. The van der Waals surface area contributed by atoms with Gasteiger partial charge < -0.3 is 5.32 Å². The minimum atomic E-state index is 0.596. The van der Waals surface area contributed by atoms with Crippen molar-refractivity contribution in [1.29, 1.82) is 0 Å². The first-order valence-corrected chi connectivity index (χ1v) is 2.96. The molecule has 0 atom stereocenters. The smallest absolute Gasteiger partial charge is 0.151 e. The van der Waals surface area contributed by atoms with E-state index < -0.39 is 0 Å². The quantitative estimate of drug-likeness (QED) is 0.615. The molecule has 0 radical (unpaired) electrons. The Balaban J connectivity index is 2.90. The fourth-order valence-electron chi connectivity index (χ4n) is 0.623. The number of carbonyl (C=O) groups excluding carboxylic acids is 1. The molecule has 0 bridgehead atoms. The number of pyridine rings is 1. The van der Waals surface area contributed by atoms with E-state index in [2.05, 4.69) is 10.3 Å². The molecule has 3 heteroatoms. The van der Waals surface area contributed by atoms with E-state index in [9.17, 15) is 4.79 Å². The number of nitrogens with one attached hydrogen (secondary N) is 1. The van der Waals surface area contributed by atoms with Crippen LogP contribution in [0.25, 0.3) is 0 Å². The fraction of sp³-hybridized carbons (Fsp3) is 0.143. The van der Waals surface area contributed by atoms with Crippen LogP contribution in [0.2, 0.25) is 0 Å². The largest absolute Gasteiger partial charge is 0.373 e. The van der Waals surface area contributed by atoms with Crippen molar-refractivity contribution in [3.63, 3.8) is 0 Å². The van der Waals surface area contributed by atoms with Crippen LogP contribution in [-0.4, -0.2) is 18.3 Å². The van der Waals surface area contributed by atoms with Crippen molar-refractivity contribution in [3.05, 3.63) is 23.9 Å². The van der Waals surface area contributed by atoms with Gasteiger partial charge in [-0.25, -0.2) is 4.98 Å². The van der Waals surface area contributed by atoms with Gasteiger partial charge in [0, 0.05) is 18.8 Å². The van der Waals surface area contributed by atoms with Crippen LogP contribution in [0.1, 0.15) is 10.4 Å². The van der Waals surface area contributed by atoms with Crippen molar-refractivity contribution in [1.82, 2.24) is 4.98 Å². The number of carbonyl (C=O) groups is 1. The van der Waals surface area contributed by atoms with E-state index >= 15 is 0 Å². The van der Waals surface area contributed by atoms with Gasteiger partial charge in [-0.1, -0.05) is 0 Å². The second-order valence-corrected chi connectivity index (χ2v) is 1.84. The highest BCUT2D eigenvalue weighted by Crippen LogP contribution is 2.00. The van der Waals surface area contributed by atoms with E-state index in [0.717, 1.165) is 12.1 Å². The number of nitrogens with zero attached hydrogens (tertiary/aromatic N) is 1. The fourth-order valence-corrected chi connectivity index (χ4v) is 0.623. The van der Waals surface area contributed by atoms with Crippen molar-refractivity contribution in [2.45, 2.75) is 0 Å². The highest BCUT2D eigenvalue weighted by atomic mass is 16.1. The van der Waals surface area contributed by atoms with E-state index in [4.69, 9.17) is 0 Å². The zero-order chi connectivity index (χ0) is 7.40. The van der Waals surface area contributed by atoms with Gasteiger partial charge in [0.05, 0.1) is 0 Å². The van der Waals surface area contributed by atoms with Crippen LogP contribution in [0.3, 0.4) is 0 Å². The predicted molar refractivity (Wildman–Crippen MR) is 39.2 cm³/mol. The monoisotopic (exact) mass is 136 g/mol. The Morgan fingerprint density at radius 1 is 1.60 bits per heavy atom. The maximum absolute atomic E-state index is 10.1. The molecule has 0 aliphatic carbocycles. The standard InChI is InChI=1S/C7H8N2O/c1-8-7-3-2-6(5-10)4-9-7/h2-5H,1H3,(H,8,9). The molecule has 0 aromatic carbocycles. The van der Waals surface area contributed by atoms with Gasteiger partial charge in [0.2, 0.25) is 0 Å². The Kier molecular flexibility index (Phi) is 1.99.